The van der Waals surface area contributed by atoms with Crippen LogP contribution in [0.1, 0.15) is 32.6 Å². The number of para-hydroxylation sites is 1. The highest BCUT2D eigenvalue weighted by Gasteiger charge is 2.31. The number of amides is 2. The van der Waals surface area contributed by atoms with Gasteiger partial charge in [-0.3, -0.25) is 9.59 Å². The fraction of sp³-hybridized carbons (Fsp3) is 0.579. The molecule has 0 bridgehead atoms. The lowest BCUT2D eigenvalue weighted by atomic mass is 10.1. The fourth-order valence-electron chi connectivity index (χ4n) is 3.32. The monoisotopic (exact) mass is 346 g/mol. The first kappa shape index (κ1) is 17.9. The average Bonchev–Trinajstić information content (AvgIpc) is 3.33. The zero-order valence-electron chi connectivity index (χ0n) is 14.6. The Kier molecular flexibility index (Phi) is 6.04. The minimum atomic E-state index is -0.388. The molecule has 3 atom stereocenters. The summed E-state index contributed by atoms with van der Waals surface area (Å²) in [7, 11) is 0. The van der Waals surface area contributed by atoms with Gasteiger partial charge in [-0.15, -0.1) is 0 Å². The molecule has 0 saturated carbocycles. The van der Waals surface area contributed by atoms with Crippen LogP contribution < -0.4 is 10.2 Å². The zero-order valence-corrected chi connectivity index (χ0v) is 14.6. The second-order valence-electron chi connectivity index (χ2n) is 6.70. The van der Waals surface area contributed by atoms with Crippen LogP contribution in [0, 0.1) is 0 Å². The zero-order chi connectivity index (χ0) is 17.6. The number of ether oxygens (including phenoxy) is 2. The highest BCUT2D eigenvalue weighted by atomic mass is 16.5. The standard InChI is InChI=1S/C19H26N2O4/c1-14(20-18(22)16-9-5-11-24-16)13-21(15-7-3-2-4-8-15)19(23)17-10-6-12-25-17/h2-4,7-8,14,16-17H,5-6,9-13H2,1H3,(H,20,22)/t14-,16+,17-/m1/s1. The number of nitrogens with zero attached hydrogens (tertiary/aromatic N) is 1. The molecule has 1 aromatic carbocycles. The van der Waals surface area contributed by atoms with Crippen LogP contribution in [0.5, 0.6) is 0 Å². The van der Waals surface area contributed by atoms with E-state index in [-0.39, 0.29) is 30.1 Å². The van der Waals surface area contributed by atoms with Gasteiger partial charge in [0.25, 0.3) is 5.91 Å². The maximum Gasteiger partial charge on any atom is 0.256 e. The molecule has 0 spiro atoms. The average molecular weight is 346 g/mol. The summed E-state index contributed by atoms with van der Waals surface area (Å²) < 4.78 is 11.0. The minimum absolute atomic E-state index is 0.0399. The third-order valence-electron chi connectivity index (χ3n) is 4.61. The van der Waals surface area contributed by atoms with Crippen molar-refractivity contribution in [1.29, 1.82) is 0 Å². The molecule has 0 aromatic heterocycles. The molecule has 0 radical (unpaired) electrons. The van der Waals surface area contributed by atoms with Crippen molar-refractivity contribution in [2.45, 2.75) is 50.9 Å². The fourth-order valence-corrected chi connectivity index (χ4v) is 3.32. The Morgan fingerprint density at radius 1 is 1.12 bits per heavy atom. The van der Waals surface area contributed by atoms with Gasteiger partial charge in [0.1, 0.15) is 12.2 Å². The quantitative estimate of drug-likeness (QED) is 0.854. The molecule has 2 aliphatic rings. The van der Waals surface area contributed by atoms with Gasteiger partial charge in [-0.2, -0.15) is 0 Å². The predicted octanol–water partition coefficient (Wildman–Crippen LogP) is 1.88. The molecule has 2 heterocycles. The number of benzene rings is 1. The van der Waals surface area contributed by atoms with Gasteiger partial charge >= 0.3 is 0 Å². The van der Waals surface area contributed by atoms with Crippen LogP contribution in [0.2, 0.25) is 0 Å². The molecular weight excluding hydrogens is 320 g/mol. The van der Waals surface area contributed by atoms with Crippen molar-refractivity contribution in [2.24, 2.45) is 0 Å². The highest BCUT2D eigenvalue weighted by molar-refractivity contribution is 5.96. The van der Waals surface area contributed by atoms with Crippen molar-refractivity contribution >= 4 is 17.5 Å². The minimum Gasteiger partial charge on any atom is -0.368 e. The van der Waals surface area contributed by atoms with Crippen LogP contribution in [0.4, 0.5) is 5.69 Å². The second-order valence-corrected chi connectivity index (χ2v) is 6.70. The van der Waals surface area contributed by atoms with Gasteiger partial charge in [0.2, 0.25) is 5.91 Å². The van der Waals surface area contributed by atoms with E-state index >= 15 is 0 Å². The largest absolute Gasteiger partial charge is 0.368 e. The van der Waals surface area contributed by atoms with Gasteiger partial charge in [0.15, 0.2) is 0 Å². The van der Waals surface area contributed by atoms with Crippen molar-refractivity contribution in [3.05, 3.63) is 30.3 Å². The van der Waals surface area contributed by atoms with Gasteiger partial charge in [0.05, 0.1) is 0 Å². The number of rotatable bonds is 6. The number of hydrogen-bond acceptors (Lipinski definition) is 4. The molecule has 2 fully saturated rings. The van der Waals surface area contributed by atoms with Gasteiger partial charge in [0, 0.05) is 31.5 Å². The number of carbonyl (C=O) groups excluding carboxylic acids is 2. The lowest BCUT2D eigenvalue weighted by Crippen LogP contribution is -2.49. The summed E-state index contributed by atoms with van der Waals surface area (Å²) in [4.78, 5) is 26.8. The van der Waals surface area contributed by atoms with Crippen LogP contribution in [0.25, 0.3) is 0 Å². The first-order chi connectivity index (χ1) is 12.1. The Bertz CT molecular complexity index is 580. The molecule has 2 saturated heterocycles. The SMILES string of the molecule is C[C@H](CN(C(=O)[C@H]1CCCO1)c1ccccc1)NC(=O)[C@@H]1CCCO1. The van der Waals surface area contributed by atoms with E-state index in [2.05, 4.69) is 5.32 Å². The molecule has 3 rings (SSSR count). The van der Waals surface area contributed by atoms with Gasteiger partial charge in [-0.1, -0.05) is 18.2 Å². The molecule has 0 unspecified atom stereocenters. The molecule has 2 amide bonds. The maximum absolute atomic E-state index is 12.9. The molecule has 1 N–H and O–H groups in total. The van der Waals surface area contributed by atoms with E-state index in [4.69, 9.17) is 9.47 Å². The van der Waals surface area contributed by atoms with Crippen LogP contribution in [0.3, 0.4) is 0 Å². The van der Waals surface area contributed by atoms with Crippen LogP contribution >= 0.6 is 0 Å². The van der Waals surface area contributed by atoms with Gasteiger partial charge < -0.3 is 19.7 Å². The van der Waals surface area contributed by atoms with Gasteiger partial charge in [-0.25, -0.2) is 0 Å². The number of carbonyl (C=O) groups is 2. The van der Waals surface area contributed by atoms with Crippen molar-refractivity contribution in [3.8, 4) is 0 Å². The molecular formula is C19H26N2O4. The number of hydrogen-bond donors (Lipinski definition) is 1. The van der Waals surface area contributed by atoms with Crippen molar-refractivity contribution in [1.82, 2.24) is 5.32 Å². The smallest absolute Gasteiger partial charge is 0.256 e. The van der Waals surface area contributed by atoms with E-state index in [0.29, 0.717) is 19.8 Å². The van der Waals surface area contributed by atoms with Crippen molar-refractivity contribution < 1.29 is 19.1 Å². The first-order valence-corrected chi connectivity index (χ1v) is 9.05. The van der Waals surface area contributed by atoms with Gasteiger partial charge in [-0.05, 0) is 44.7 Å². The third kappa shape index (κ3) is 4.58. The second kappa shape index (κ2) is 8.45. The highest BCUT2D eigenvalue weighted by Crippen LogP contribution is 2.21. The predicted molar refractivity (Wildman–Crippen MR) is 94.3 cm³/mol. The molecule has 25 heavy (non-hydrogen) atoms. The third-order valence-corrected chi connectivity index (χ3v) is 4.61. The summed E-state index contributed by atoms with van der Waals surface area (Å²) in [6.45, 7) is 3.58. The summed E-state index contributed by atoms with van der Waals surface area (Å²) in [6.07, 6.45) is 2.58. The molecule has 2 aliphatic heterocycles. The van der Waals surface area contributed by atoms with E-state index in [9.17, 15) is 9.59 Å². The molecule has 6 heteroatoms. The Balaban J connectivity index is 1.66. The Hall–Kier alpha value is -1.92. The van der Waals surface area contributed by atoms with Crippen LogP contribution in [-0.2, 0) is 19.1 Å². The first-order valence-electron chi connectivity index (χ1n) is 9.05. The van der Waals surface area contributed by atoms with Crippen molar-refractivity contribution in [2.75, 3.05) is 24.7 Å². The lowest BCUT2D eigenvalue weighted by Gasteiger charge is -2.29. The summed E-state index contributed by atoms with van der Waals surface area (Å²) >= 11 is 0. The number of nitrogens with one attached hydrogen (secondary N) is 1. The molecule has 6 nitrogen and oxygen atoms in total. The van der Waals surface area contributed by atoms with Crippen LogP contribution in [-0.4, -0.2) is 49.8 Å². The van der Waals surface area contributed by atoms with E-state index in [1.807, 2.05) is 37.3 Å². The van der Waals surface area contributed by atoms with Crippen LogP contribution in [0.15, 0.2) is 30.3 Å². The lowest BCUT2D eigenvalue weighted by molar-refractivity contribution is -0.131. The summed E-state index contributed by atoms with van der Waals surface area (Å²) in [5.74, 6) is -0.135. The van der Waals surface area contributed by atoms with E-state index in [1.165, 1.54) is 0 Å². The molecule has 136 valence electrons. The molecule has 0 aliphatic carbocycles. The summed E-state index contributed by atoms with van der Waals surface area (Å²) in [5, 5.41) is 2.97. The Morgan fingerprint density at radius 3 is 2.36 bits per heavy atom. The topological polar surface area (TPSA) is 67.9 Å². The molecule has 1 aromatic rings. The van der Waals surface area contributed by atoms with E-state index in [0.717, 1.165) is 31.4 Å². The van der Waals surface area contributed by atoms with E-state index < -0.39 is 0 Å². The van der Waals surface area contributed by atoms with E-state index in [1.54, 1.807) is 4.90 Å². The Labute approximate surface area is 148 Å². The number of anilines is 1. The maximum atomic E-state index is 12.9. The Morgan fingerprint density at radius 2 is 1.76 bits per heavy atom. The summed E-state index contributed by atoms with van der Waals surface area (Å²) in [5.41, 5.74) is 0.821. The normalized spacial score (nSPS) is 24.0. The summed E-state index contributed by atoms with van der Waals surface area (Å²) in [6, 6.07) is 9.35. The van der Waals surface area contributed by atoms with Crippen molar-refractivity contribution in [3.63, 3.8) is 0 Å².